The molecule has 0 saturated carbocycles. The Labute approximate surface area is 312 Å². The smallest absolute Gasteiger partial charge is 0.101 e. The molecule has 0 N–H and O–H groups in total. The number of thioether (sulfide) groups is 1. The van der Waals surface area contributed by atoms with Crippen molar-refractivity contribution in [3.05, 3.63) is 146 Å². The van der Waals surface area contributed by atoms with E-state index in [1.807, 2.05) is 29.6 Å². The molecule has 4 nitrogen and oxygen atoms in total. The lowest BCUT2D eigenvalue weighted by atomic mass is 9.78. The molecule has 2 aromatic heterocycles. The fourth-order valence-corrected chi connectivity index (χ4v) is 12.4. The zero-order valence-corrected chi connectivity index (χ0v) is 30.3. The van der Waals surface area contributed by atoms with Crippen molar-refractivity contribution in [2.75, 3.05) is 0 Å². The molecule has 0 radical (unpaired) electrons. The van der Waals surface area contributed by atoms with E-state index in [2.05, 4.69) is 126 Å². The second kappa shape index (κ2) is 12.1. The van der Waals surface area contributed by atoms with Gasteiger partial charge in [0.1, 0.15) is 6.07 Å². The summed E-state index contributed by atoms with van der Waals surface area (Å²) in [4.78, 5) is 3.00. The van der Waals surface area contributed by atoms with Gasteiger partial charge in [-0.2, -0.15) is 15.8 Å². The summed E-state index contributed by atoms with van der Waals surface area (Å²) in [6.07, 6.45) is 25.5. The van der Waals surface area contributed by atoms with Crippen LogP contribution in [-0.2, 0) is 6.42 Å². The van der Waals surface area contributed by atoms with Crippen LogP contribution in [0.3, 0.4) is 0 Å². The highest BCUT2D eigenvalue weighted by molar-refractivity contribution is 8.03. The first-order valence-electron chi connectivity index (χ1n) is 18.2. The maximum atomic E-state index is 10.5. The molecule has 1 aliphatic heterocycles. The average Bonchev–Trinajstić information content (AvgIpc) is 3.86. The third-order valence-corrected chi connectivity index (χ3v) is 14.9. The lowest BCUT2D eigenvalue weighted by molar-refractivity contribution is 0.633. The predicted octanol–water partition coefficient (Wildman–Crippen LogP) is 11.7. The summed E-state index contributed by atoms with van der Waals surface area (Å²) in [5, 5.41) is 32.6. The Morgan fingerprint density at radius 3 is 2.62 bits per heavy atom. The second-order valence-corrected chi connectivity index (χ2v) is 17.1. The van der Waals surface area contributed by atoms with Crippen LogP contribution >= 0.6 is 23.1 Å². The quantitative estimate of drug-likeness (QED) is 0.212. The van der Waals surface area contributed by atoms with Crippen molar-refractivity contribution in [2.45, 2.75) is 43.8 Å². The molecule has 0 saturated heterocycles. The van der Waals surface area contributed by atoms with E-state index >= 15 is 0 Å². The summed E-state index contributed by atoms with van der Waals surface area (Å²) >= 11 is 4.03. The molecule has 0 spiro atoms. The van der Waals surface area contributed by atoms with E-state index in [0.29, 0.717) is 17.6 Å². The molecule has 6 aliphatic rings. The van der Waals surface area contributed by atoms with Crippen molar-refractivity contribution < 1.29 is 0 Å². The number of allylic oxidation sites excluding steroid dienone is 14. The summed E-state index contributed by atoms with van der Waals surface area (Å²) in [5.41, 5.74) is 11.5. The van der Waals surface area contributed by atoms with E-state index in [1.165, 1.54) is 53.1 Å². The maximum Gasteiger partial charge on any atom is 0.101 e. The Morgan fingerprint density at radius 2 is 1.77 bits per heavy atom. The Kier molecular flexibility index (Phi) is 7.33. The minimum Gasteiger partial charge on any atom is -0.311 e. The molecule has 6 atom stereocenters. The maximum absolute atomic E-state index is 10.5. The van der Waals surface area contributed by atoms with Gasteiger partial charge in [0, 0.05) is 55.1 Å². The topological polar surface area (TPSA) is 76.3 Å². The molecule has 0 amide bonds. The Balaban J connectivity index is 1.01. The number of thiophene rings is 1. The van der Waals surface area contributed by atoms with E-state index in [4.69, 9.17) is 0 Å². The number of nitrogens with zero attached hydrogens (tertiary/aromatic N) is 4. The van der Waals surface area contributed by atoms with Crippen LogP contribution in [0.25, 0.3) is 38.8 Å². The number of hydrogen-bond donors (Lipinski definition) is 0. The van der Waals surface area contributed by atoms with E-state index in [-0.39, 0.29) is 23.7 Å². The van der Waals surface area contributed by atoms with Gasteiger partial charge in [-0.3, -0.25) is 0 Å². The molecule has 6 heteroatoms. The SMILES string of the molecule is CC1C=C(C#N)C=CC1c1ccc2sc3c(c2c1)C=CC1C2=C(CCC(C4CC=CC(C#N)=C4n4c5c(c6ccccc64)CC(C#N)C=C5)=C2)SC31. The van der Waals surface area contributed by atoms with Gasteiger partial charge in [-0.15, -0.1) is 23.1 Å². The van der Waals surface area contributed by atoms with Crippen LogP contribution in [0.5, 0.6) is 0 Å². The van der Waals surface area contributed by atoms with Crippen molar-refractivity contribution in [1.29, 1.82) is 15.8 Å². The molecule has 6 unspecified atom stereocenters. The minimum atomic E-state index is -0.140. The third-order valence-electron chi connectivity index (χ3n) is 11.9. The summed E-state index contributed by atoms with van der Waals surface area (Å²) in [6, 6.07) is 22.8. The standard InChI is InChI=1S/C46H34N4S2/c1-26-19-27(23-47)9-13-32(26)29-11-17-42-38(21-29)35-14-15-36-39-22-30(12-18-43(39)52-46(36)45(35)51-42)33-7-4-5-31(25-49)44(33)50-40-8-3-2-6-34(40)37-20-28(24-48)10-16-41(37)50/h2-6,8-11,13-17,19,21-22,26,28,32-33,36,46H,7,12,18,20H2,1H3. The summed E-state index contributed by atoms with van der Waals surface area (Å²) in [6.45, 7) is 2.20. The molecule has 3 heterocycles. The molecule has 10 rings (SSSR count). The fraction of sp³-hybridized carbons (Fsp3) is 0.239. The van der Waals surface area contributed by atoms with Gasteiger partial charge < -0.3 is 4.57 Å². The molecule has 2 aromatic carbocycles. The zero-order chi connectivity index (χ0) is 35.1. The van der Waals surface area contributed by atoms with E-state index in [1.54, 1.807) is 0 Å². The van der Waals surface area contributed by atoms with Crippen LogP contribution in [0.15, 0.2) is 118 Å². The average molecular weight is 707 g/mol. The minimum absolute atomic E-state index is 0.0981. The largest absolute Gasteiger partial charge is 0.311 e. The molecule has 52 heavy (non-hydrogen) atoms. The summed E-state index contributed by atoms with van der Waals surface area (Å²) < 4.78 is 3.69. The Hall–Kier alpha value is -5.32. The number of fused-ring (bicyclic) bond motifs is 9. The molecule has 250 valence electrons. The highest BCUT2D eigenvalue weighted by Crippen LogP contribution is 2.61. The lowest BCUT2D eigenvalue weighted by Crippen LogP contribution is -2.19. The molecule has 0 fully saturated rings. The first-order valence-corrected chi connectivity index (χ1v) is 19.9. The van der Waals surface area contributed by atoms with E-state index in [9.17, 15) is 15.8 Å². The van der Waals surface area contributed by atoms with Crippen molar-refractivity contribution >= 4 is 61.9 Å². The van der Waals surface area contributed by atoms with E-state index < -0.39 is 0 Å². The number of nitriles is 3. The van der Waals surface area contributed by atoms with Crippen LogP contribution < -0.4 is 0 Å². The van der Waals surface area contributed by atoms with Gasteiger partial charge in [0.05, 0.1) is 34.4 Å². The van der Waals surface area contributed by atoms with Crippen LogP contribution in [0.2, 0.25) is 0 Å². The number of hydrogen-bond acceptors (Lipinski definition) is 5. The van der Waals surface area contributed by atoms with Gasteiger partial charge in [-0.05, 0) is 95.2 Å². The van der Waals surface area contributed by atoms with Crippen molar-refractivity contribution in [1.82, 2.24) is 4.57 Å². The predicted molar refractivity (Wildman–Crippen MR) is 214 cm³/mol. The van der Waals surface area contributed by atoms with Crippen LogP contribution in [0.1, 0.15) is 64.6 Å². The first-order chi connectivity index (χ1) is 25.5. The molecule has 4 aromatic rings. The first kappa shape index (κ1) is 31.4. The van der Waals surface area contributed by atoms with Gasteiger partial charge in [-0.1, -0.05) is 79.3 Å². The van der Waals surface area contributed by atoms with E-state index in [0.717, 1.165) is 47.3 Å². The van der Waals surface area contributed by atoms with Gasteiger partial charge in [-0.25, -0.2) is 0 Å². The van der Waals surface area contributed by atoms with Crippen molar-refractivity contribution in [3.63, 3.8) is 0 Å². The Morgan fingerprint density at radius 1 is 0.885 bits per heavy atom. The van der Waals surface area contributed by atoms with Crippen LogP contribution in [0.4, 0.5) is 0 Å². The second-order valence-electron chi connectivity index (χ2n) is 14.8. The third kappa shape index (κ3) is 4.70. The molecular weight excluding hydrogens is 673 g/mol. The van der Waals surface area contributed by atoms with Gasteiger partial charge in [0.25, 0.3) is 0 Å². The van der Waals surface area contributed by atoms with Crippen molar-refractivity contribution in [3.8, 4) is 18.2 Å². The van der Waals surface area contributed by atoms with Crippen LogP contribution in [-0.4, -0.2) is 4.57 Å². The van der Waals surface area contributed by atoms with Gasteiger partial charge in [0.15, 0.2) is 0 Å². The van der Waals surface area contributed by atoms with Gasteiger partial charge in [0.2, 0.25) is 0 Å². The highest BCUT2D eigenvalue weighted by Gasteiger charge is 2.41. The number of aromatic nitrogens is 1. The zero-order valence-electron chi connectivity index (χ0n) is 28.7. The fourth-order valence-electron chi connectivity index (χ4n) is 9.47. The monoisotopic (exact) mass is 706 g/mol. The van der Waals surface area contributed by atoms with Gasteiger partial charge >= 0.3 is 0 Å². The highest BCUT2D eigenvalue weighted by atomic mass is 32.2. The summed E-state index contributed by atoms with van der Waals surface area (Å²) in [5.74, 6) is 0.840. The normalized spacial score (nSPS) is 27.0. The number of rotatable bonds is 3. The van der Waals surface area contributed by atoms with Crippen molar-refractivity contribution in [2.24, 2.45) is 23.7 Å². The Bertz CT molecular complexity index is 2640. The lowest BCUT2D eigenvalue weighted by Gasteiger charge is -2.31. The van der Waals surface area contributed by atoms with Crippen LogP contribution in [0, 0.1) is 57.7 Å². The molecule has 0 bridgehead atoms. The number of benzene rings is 2. The molecule has 5 aliphatic carbocycles. The number of para-hydroxylation sites is 1. The molecular formula is C46H34N4S2. The summed E-state index contributed by atoms with van der Waals surface area (Å²) in [7, 11) is 0.